The molecule has 1 N–H and O–H groups in total. The van der Waals surface area contributed by atoms with E-state index >= 15 is 0 Å². The minimum Gasteiger partial charge on any atom is -0.373 e. The van der Waals surface area contributed by atoms with Gasteiger partial charge in [-0.15, -0.1) is 0 Å². The topological polar surface area (TPSA) is 68.1 Å². The Balaban J connectivity index is 1.91. The molecule has 0 unspecified atom stereocenters. The number of nitriles is 1. The minimum absolute atomic E-state index is 0.609. The zero-order valence-corrected chi connectivity index (χ0v) is 10.6. The zero-order valence-electron chi connectivity index (χ0n) is 10.6. The lowest BCUT2D eigenvalue weighted by Crippen LogP contribution is -2.46. The first kappa shape index (κ1) is 12.6. The quantitative estimate of drug-likeness (QED) is 0.837. The number of nitrogens with zero attached hydrogens (tertiary/aromatic N) is 5. The number of piperazine rings is 1. The fourth-order valence-corrected chi connectivity index (χ4v) is 2.07. The molecule has 1 fully saturated rings. The second-order valence-corrected chi connectivity index (χ2v) is 4.25. The largest absolute Gasteiger partial charge is 0.373 e. The number of anilines is 2. The Morgan fingerprint density at radius 1 is 1.33 bits per heavy atom. The van der Waals surface area contributed by atoms with Crippen LogP contribution in [0.25, 0.3) is 0 Å². The summed E-state index contributed by atoms with van der Waals surface area (Å²) in [5.74, 6) is 1.81. The van der Waals surface area contributed by atoms with Gasteiger partial charge in [-0.2, -0.15) is 5.26 Å². The van der Waals surface area contributed by atoms with Crippen molar-refractivity contribution in [3.63, 3.8) is 0 Å². The van der Waals surface area contributed by atoms with Gasteiger partial charge in [0.05, 0.1) is 6.07 Å². The zero-order chi connectivity index (χ0) is 12.8. The first-order chi connectivity index (χ1) is 8.83. The van der Waals surface area contributed by atoms with Gasteiger partial charge in [-0.1, -0.05) is 0 Å². The van der Waals surface area contributed by atoms with Crippen LogP contribution in [0.4, 0.5) is 11.6 Å². The highest BCUT2D eigenvalue weighted by Gasteiger charge is 2.17. The summed E-state index contributed by atoms with van der Waals surface area (Å²) in [4.78, 5) is 13.0. The predicted octanol–water partition coefficient (Wildman–Crippen LogP) is 0.554. The van der Waals surface area contributed by atoms with Crippen LogP contribution in [0.5, 0.6) is 0 Å². The third kappa shape index (κ3) is 3.08. The van der Waals surface area contributed by atoms with Crippen LogP contribution in [0, 0.1) is 11.3 Å². The van der Waals surface area contributed by atoms with Crippen molar-refractivity contribution >= 4 is 11.6 Å². The first-order valence-electron chi connectivity index (χ1n) is 6.17. The lowest BCUT2D eigenvalue weighted by atomic mass is 10.3. The standard InChI is InChI=1S/C12H18N6/c1-14-11-9-12(16-10-15-11)18-7-5-17(6-8-18)4-2-3-13/h9-10H,2,4-8H2,1H3,(H,14,15,16). The smallest absolute Gasteiger partial charge is 0.134 e. The van der Waals surface area contributed by atoms with E-state index in [1.54, 1.807) is 6.33 Å². The molecule has 6 heteroatoms. The molecule has 1 aliphatic heterocycles. The number of hydrogen-bond donors (Lipinski definition) is 1. The molecule has 0 spiro atoms. The van der Waals surface area contributed by atoms with Crippen molar-refractivity contribution in [1.29, 1.82) is 5.26 Å². The van der Waals surface area contributed by atoms with Crippen molar-refractivity contribution in [2.75, 3.05) is 50.0 Å². The van der Waals surface area contributed by atoms with E-state index in [9.17, 15) is 0 Å². The Labute approximate surface area is 107 Å². The average molecular weight is 246 g/mol. The van der Waals surface area contributed by atoms with Crippen LogP contribution in [0.2, 0.25) is 0 Å². The van der Waals surface area contributed by atoms with E-state index in [4.69, 9.17) is 5.26 Å². The molecular formula is C12H18N6. The highest BCUT2D eigenvalue weighted by Crippen LogP contribution is 2.15. The molecule has 1 aromatic heterocycles. The molecule has 96 valence electrons. The second-order valence-electron chi connectivity index (χ2n) is 4.25. The van der Waals surface area contributed by atoms with Crippen LogP contribution in [0.3, 0.4) is 0 Å². The van der Waals surface area contributed by atoms with Gasteiger partial charge in [0.1, 0.15) is 18.0 Å². The van der Waals surface area contributed by atoms with Crippen molar-refractivity contribution in [2.24, 2.45) is 0 Å². The molecular weight excluding hydrogens is 228 g/mol. The molecule has 0 saturated carbocycles. The maximum absolute atomic E-state index is 8.57. The van der Waals surface area contributed by atoms with Crippen LogP contribution < -0.4 is 10.2 Å². The van der Waals surface area contributed by atoms with E-state index in [0.717, 1.165) is 44.4 Å². The monoisotopic (exact) mass is 246 g/mol. The molecule has 18 heavy (non-hydrogen) atoms. The minimum atomic E-state index is 0.609. The molecule has 6 nitrogen and oxygen atoms in total. The Hall–Kier alpha value is -1.87. The van der Waals surface area contributed by atoms with Crippen molar-refractivity contribution in [2.45, 2.75) is 6.42 Å². The maximum atomic E-state index is 8.57. The van der Waals surface area contributed by atoms with Crippen LogP contribution >= 0.6 is 0 Å². The summed E-state index contributed by atoms with van der Waals surface area (Å²) < 4.78 is 0. The molecule has 0 atom stereocenters. The van der Waals surface area contributed by atoms with Gasteiger partial charge in [0.2, 0.25) is 0 Å². The van der Waals surface area contributed by atoms with Crippen LogP contribution in [-0.2, 0) is 0 Å². The Morgan fingerprint density at radius 3 is 2.78 bits per heavy atom. The van der Waals surface area contributed by atoms with Gasteiger partial charge in [-0.25, -0.2) is 9.97 Å². The van der Waals surface area contributed by atoms with E-state index in [-0.39, 0.29) is 0 Å². The fourth-order valence-electron chi connectivity index (χ4n) is 2.07. The fraction of sp³-hybridized carbons (Fsp3) is 0.583. The molecule has 2 rings (SSSR count). The van der Waals surface area contributed by atoms with Gasteiger partial charge in [0.15, 0.2) is 0 Å². The third-order valence-electron chi connectivity index (χ3n) is 3.14. The van der Waals surface area contributed by atoms with Gasteiger partial charge in [-0.3, -0.25) is 4.90 Å². The van der Waals surface area contributed by atoms with E-state index in [1.807, 2.05) is 13.1 Å². The molecule has 1 saturated heterocycles. The summed E-state index contributed by atoms with van der Waals surface area (Å²) in [5.41, 5.74) is 0. The molecule has 1 aliphatic rings. The molecule has 1 aromatic rings. The van der Waals surface area contributed by atoms with Crippen LogP contribution in [0.1, 0.15) is 6.42 Å². The summed E-state index contributed by atoms with van der Waals surface area (Å²) in [7, 11) is 1.85. The molecule has 0 radical (unpaired) electrons. The van der Waals surface area contributed by atoms with Gasteiger partial charge >= 0.3 is 0 Å². The third-order valence-corrected chi connectivity index (χ3v) is 3.14. The van der Waals surface area contributed by atoms with Crippen molar-refractivity contribution in [3.8, 4) is 6.07 Å². The van der Waals surface area contributed by atoms with Crippen LogP contribution in [0.15, 0.2) is 12.4 Å². The average Bonchev–Trinajstić information content (AvgIpc) is 2.46. The van der Waals surface area contributed by atoms with E-state index in [1.165, 1.54) is 0 Å². The molecule has 0 aliphatic carbocycles. The number of rotatable bonds is 4. The summed E-state index contributed by atoms with van der Waals surface area (Å²) >= 11 is 0. The molecule has 0 amide bonds. The Bertz CT molecular complexity index is 419. The van der Waals surface area contributed by atoms with Gasteiger partial charge < -0.3 is 10.2 Å². The summed E-state index contributed by atoms with van der Waals surface area (Å²) in [5, 5.41) is 11.6. The Kier molecular flexibility index (Phi) is 4.31. The lowest BCUT2D eigenvalue weighted by molar-refractivity contribution is 0.263. The van der Waals surface area contributed by atoms with Crippen molar-refractivity contribution in [1.82, 2.24) is 14.9 Å². The van der Waals surface area contributed by atoms with Gasteiger partial charge in [0.25, 0.3) is 0 Å². The van der Waals surface area contributed by atoms with Gasteiger partial charge in [-0.05, 0) is 0 Å². The SMILES string of the molecule is CNc1cc(N2CCN(CCC#N)CC2)ncn1. The highest BCUT2D eigenvalue weighted by atomic mass is 15.3. The molecule has 0 bridgehead atoms. The number of nitrogens with one attached hydrogen (secondary N) is 1. The first-order valence-corrected chi connectivity index (χ1v) is 6.17. The Morgan fingerprint density at radius 2 is 2.11 bits per heavy atom. The number of aromatic nitrogens is 2. The summed E-state index contributed by atoms with van der Waals surface area (Å²) in [6.07, 6.45) is 2.20. The second kappa shape index (κ2) is 6.17. The number of hydrogen-bond acceptors (Lipinski definition) is 6. The van der Waals surface area contributed by atoms with E-state index in [0.29, 0.717) is 6.42 Å². The predicted molar refractivity (Wildman–Crippen MR) is 70.5 cm³/mol. The van der Waals surface area contributed by atoms with Crippen molar-refractivity contribution in [3.05, 3.63) is 12.4 Å². The maximum Gasteiger partial charge on any atom is 0.134 e. The summed E-state index contributed by atoms with van der Waals surface area (Å²) in [6.45, 7) is 4.74. The van der Waals surface area contributed by atoms with Crippen LogP contribution in [-0.4, -0.2) is 54.6 Å². The van der Waals surface area contributed by atoms with E-state index < -0.39 is 0 Å². The lowest BCUT2D eigenvalue weighted by Gasteiger charge is -2.35. The normalized spacial score (nSPS) is 16.3. The summed E-state index contributed by atoms with van der Waals surface area (Å²) in [6, 6.07) is 4.15. The highest BCUT2D eigenvalue weighted by molar-refractivity contribution is 5.48. The van der Waals surface area contributed by atoms with E-state index in [2.05, 4.69) is 31.2 Å². The van der Waals surface area contributed by atoms with Gasteiger partial charge in [0, 0.05) is 52.3 Å². The van der Waals surface area contributed by atoms with Crippen molar-refractivity contribution < 1.29 is 0 Å². The molecule has 0 aromatic carbocycles. The molecule has 2 heterocycles.